The van der Waals surface area contributed by atoms with Crippen molar-refractivity contribution in [2.24, 2.45) is 0 Å². The monoisotopic (exact) mass is 126 g/mol. The second-order valence-electron chi connectivity index (χ2n) is 2.63. The lowest BCUT2D eigenvalue weighted by Gasteiger charge is -2.22. The maximum absolute atomic E-state index is 5.44. The van der Waals surface area contributed by atoms with Crippen molar-refractivity contribution in [2.75, 3.05) is 6.61 Å². The topological polar surface area (TPSA) is 9.23 Å². The second kappa shape index (κ2) is 3.02. The van der Waals surface area contributed by atoms with E-state index in [-0.39, 0.29) is 0 Å². The molecule has 0 N–H and O–H groups in total. The predicted octanol–water partition coefficient (Wildman–Crippen LogP) is 2.13. The molecule has 0 aromatic carbocycles. The minimum atomic E-state index is 0.510. The van der Waals surface area contributed by atoms with Gasteiger partial charge in [-0.3, -0.25) is 0 Å². The van der Waals surface area contributed by atoms with E-state index < -0.39 is 0 Å². The Morgan fingerprint density at radius 2 is 2.56 bits per heavy atom. The zero-order valence-electron chi connectivity index (χ0n) is 6.02. The number of hydrogen-bond donors (Lipinski definition) is 0. The fourth-order valence-corrected chi connectivity index (χ4v) is 1.08. The summed E-state index contributed by atoms with van der Waals surface area (Å²) in [5.41, 5.74) is 1.25. The van der Waals surface area contributed by atoms with E-state index in [1.165, 1.54) is 18.4 Å². The first kappa shape index (κ1) is 6.81. The molecule has 0 saturated carbocycles. The second-order valence-corrected chi connectivity index (χ2v) is 2.63. The molecule has 0 bridgehead atoms. The molecule has 1 fully saturated rings. The number of hydrogen-bond acceptors (Lipinski definition) is 1. The molecule has 0 radical (unpaired) electrons. The van der Waals surface area contributed by atoms with E-state index in [1.54, 1.807) is 0 Å². The van der Waals surface area contributed by atoms with Gasteiger partial charge >= 0.3 is 0 Å². The highest BCUT2D eigenvalue weighted by molar-refractivity contribution is 4.97. The molecule has 0 unspecified atom stereocenters. The summed E-state index contributed by atoms with van der Waals surface area (Å²) in [4.78, 5) is 0. The minimum absolute atomic E-state index is 0.510. The third-order valence-corrected chi connectivity index (χ3v) is 1.80. The van der Waals surface area contributed by atoms with Gasteiger partial charge in [0.25, 0.3) is 0 Å². The van der Waals surface area contributed by atoms with E-state index in [1.807, 2.05) is 0 Å². The minimum Gasteiger partial charge on any atom is -0.374 e. The molecule has 9 heavy (non-hydrogen) atoms. The molecule has 1 rings (SSSR count). The van der Waals surface area contributed by atoms with Crippen molar-refractivity contribution < 1.29 is 4.74 Å². The Balaban J connectivity index is 2.26. The Kier molecular flexibility index (Phi) is 2.29. The summed E-state index contributed by atoms with van der Waals surface area (Å²) in [6.07, 6.45) is 4.00. The normalized spacial score (nSPS) is 28.6. The zero-order chi connectivity index (χ0) is 6.69. The Bertz CT molecular complexity index is 97.1. The van der Waals surface area contributed by atoms with Crippen LogP contribution in [0.5, 0.6) is 0 Å². The summed E-state index contributed by atoms with van der Waals surface area (Å²) < 4.78 is 5.44. The quantitative estimate of drug-likeness (QED) is 0.489. The lowest BCUT2D eigenvalue weighted by Crippen LogP contribution is -2.18. The van der Waals surface area contributed by atoms with Crippen molar-refractivity contribution in [1.82, 2.24) is 0 Å². The maximum Gasteiger partial charge on any atom is 0.0677 e. The molecule has 1 atom stereocenters. The summed E-state index contributed by atoms with van der Waals surface area (Å²) in [5, 5.41) is 0. The van der Waals surface area contributed by atoms with Crippen molar-refractivity contribution in [3.63, 3.8) is 0 Å². The molecule has 1 heteroatoms. The fraction of sp³-hybridized carbons (Fsp3) is 0.750. The van der Waals surface area contributed by atoms with Crippen LogP contribution in [0.2, 0.25) is 0 Å². The molecule has 1 nitrogen and oxygen atoms in total. The van der Waals surface area contributed by atoms with Crippen LogP contribution in [-0.2, 0) is 4.74 Å². The predicted molar refractivity (Wildman–Crippen MR) is 38.4 cm³/mol. The van der Waals surface area contributed by atoms with Crippen molar-refractivity contribution in [2.45, 2.75) is 32.3 Å². The average molecular weight is 126 g/mol. The molecule has 1 saturated heterocycles. The number of ether oxygens (including phenoxy) is 1. The van der Waals surface area contributed by atoms with Crippen molar-refractivity contribution in [3.8, 4) is 0 Å². The van der Waals surface area contributed by atoms with Gasteiger partial charge < -0.3 is 4.74 Å². The standard InChI is InChI=1S/C8H14O/c1-3-8-5-4-7(2)6-9-8/h8H,2-6H2,1H3/t8-/m0/s1. The SMILES string of the molecule is C=C1CC[C@H](CC)OC1. The molecule has 1 heterocycles. The number of rotatable bonds is 1. The Hall–Kier alpha value is -0.300. The van der Waals surface area contributed by atoms with Crippen LogP contribution in [-0.4, -0.2) is 12.7 Å². The van der Waals surface area contributed by atoms with E-state index in [0.717, 1.165) is 13.0 Å². The highest BCUT2D eigenvalue weighted by Gasteiger charge is 2.12. The Morgan fingerprint density at radius 3 is 3.00 bits per heavy atom. The van der Waals surface area contributed by atoms with E-state index >= 15 is 0 Å². The molecular weight excluding hydrogens is 112 g/mol. The molecule has 0 aromatic heterocycles. The first-order chi connectivity index (χ1) is 4.33. The van der Waals surface area contributed by atoms with Gasteiger partial charge in [-0.1, -0.05) is 19.1 Å². The van der Waals surface area contributed by atoms with Crippen LogP contribution in [0.25, 0.3) is 0 Å². The highest BCUT2D eigenvalue weighted by Crippen LogP contribution is 2.17. The van der Waals surface area contributed by atoms with Gasteiger partial charge in [-0.05, 0) is 19.3 Å². The van der Waals surface area contributed by atoms with Crippen LogP contribution in [0.3, 0.4) is 0 Å². The Labute approximate surface area is 56.7 Å². The summed E-state index contributed by atoms with van der Waals surface area (Å²) in [7, 11) is 0. The van der Waals surface area contributed by atoms with Gasteiger partial charge in [0.15, 0.2) is 0 Å². The highest BCUT2D eigenvalue weighted by atomic mass is 16.5. The van der Waals surface area contributed by atoms with E-state index in [9.17, 15) is 0 Å². The summed E-state index contributed by atoms with van der Waals surface area (Å²) in [6, 6.07) is 0. The Morgan fingerprint density at radius 1 is 1.78 bits per heavy atom. The van der Waals surface area contributed by atoms with Crippen LogP contribution in [0, 0.1) is 0 Å². The molecule has 0 amide bonds. The van der Waals surface area contributed by atoms with Crippen molar-refractivity contribution >= 4 is 0 Å². The van der Waals surface area contributed by atoms with Gasteiger partial charge in [-0.2, -0.15) is 0 Å². The molecule has 52 valence electrons. The summed E-state index contributed by atoms with van der Waals surface area (Å²) >= 11 is 0. The zero-order valence-corrected chi connectivity index (χ0v) is 6.02. The molecule has 1 aliphatic heterocycles. The molecular formula is C8H14O. The summed E-state index contributed by atoms with van der Waals surface area (Å²) in [5.74, 6) is 0. The third-order valence-electron chi connectivity index (χ3n) is 1.80. The fourth-order valence-electron chi connectivity index (χ4n) is 1.08. The lowest BCUT2D eigenvalue weighted by molar-refractivity contribution is 0.0405. The van der Waals surface area contributed by atoms with Gasteiger partial charge in [-0.25, -0.2) is 0 Å². The third kappa shape index (κ3) is 1.83. The van der Waals surface area contributed by atoms with Crippen molar-refractivity contribution in [3.05, 3.63) is 12.2 Å². The smallest absolute Gasteiger partial charge is 0.0677 e. The first-order valence-electron chi connectivity index (χ1n) is 3.61. The van der Waals surface area contributed by atoms with Gasteiger partial charge in [0, 0.05) is 0 Å². The van der Waals surface area contributed by atoms with Crippen LogP contribution in [0.15, 0.2) is 12.2 Å². The molecule has 1 aliphatic rings. The molecule has 0 aliphatic carbocycles. The van der Waals surface area contributed by atoms with Crippen LogP contribution >= 0.6 is 0 Å². The van der Waals surface area contributed by atoms with E-state index in [4.69, 9.17) is 4.74 Å². The van der Waals surface area contributed by atoms with Crippen LogP contribution in [0.1, 0.15) is 26.2 Å². The van der Waals surface area contributed by atoms with E-state index in [2.05, 4.69) is 13.5 Å². The summed E-state index contributed by atoms with van der Waals surface area (Å²) in [6.45, 7) is 6.81. The molecule has 0 aromatic rings. The maximum atomic E-state index is 5.44. The average Bonchev–Trinajstić information content (AvgIpc) is 1.90. The van der Waals surface area contributed by atoms with Crippen LogP contribution < -0.4 is 0 Å². The van der Waals surface area contributed by atoms with Gasteiger partial charge in [-0.15, -0.1) is 0 Å². The van der Waals surface area contributed by atoms with Crippen LogP contribution in [0.4, 0.5) is 0 Å². The van der Waals surface area contributed by atoms with Gasteiger partial charge in [0.2, 0.25) is 0 Å². The lowest BCUT2D eigenvalue weighted by atomic mass is 10.0. The van der Waals surface area contributed by atoms with Gasteiger partial charge in [0.05, 0.1) is 12.7 Å². The van der Waals surface area contributed by atoms with Gasteiger partial charge in [0.1, 0.15) is 0 Å². The largest absolute Gasteiger partial charge is 0.374 e. The first-order valence-corrected chi connectivity index (χ1v) is 3.61. The van der Waals surface area contributed by atoms with Crippen molar-refractivity contribution in [1.29, 1.82) is 0 Å². The van der Waals surface area contributed by atoms with E-state index in [0.29, 0.717) is 6.10 Å². The molecule has 0 spiro atoms.